The highest BCUT2D eigenvalue weighted by atomic mass is 16.5. The lowest BCUT2D eigenvalue weighted by Gasteiger charge is -2.35. The first-order chi connectivity index (χ1) is 12.1. The molecule has 3 rings (SSSR count). The summed E-state index contributed by atoms with van der Waals surface area (Å²) in [7, 11) is 0. The van der Waals surface area contributed by atoms with E-state index < -0.39 is 0 Å². The summed E-state index contributed by atoms with van der Waals surface area (Å²) >= 11 is 0. The van der Waals surface area contributed by atoms with Crippen molar-refractivity contribution in [3.05, 3.63) is 35.9 Å². The van der Waals surface area contributed by atoms with Crippen LogP contribution in [0.2, 0.25) is 0 Å². The Morgan fingerprint density at radius 3 is 2.44 bits per heavy atom. The van der Waals surface area contributed by atoms with Gasteiger partial charge in [0.2, 0.25) is 5.91 Å². The lowest BCUT2D eigenvalue weighted by molar-refractivity contribution is -0.136. The molecule has 3 atom stereocenters. The van der Waals surface area contributed by atoms with Crippen molar-refractivity contribution in [1.29, 1.82) is 0 Å². The van der Waals surface area contributed by atoms with E-state index in [1.165, 1.54) is 0 Å². The third-order valence-corrected chi connectivity index (χ3v) is 5.13. The van der Waals surface area contributed by atoms with Gasteiger partial charge in [-0.2, -0.15) is 0 Å². The van der Waals surface area contributed by atoms with Crippen molar-refractivity contribution < 1.29 is 14.3 Å². The maximum Gasteiger partial charge on any atom is 0.231 e. The SMILES string of the molecule is CC1CC(NCC(C(=O)N2CCOCC2)c2ccccc2)CC(C)O1. The van der Waals surface area contributed by atoms with Crippen LogP contribution in [0, 0.1) is 0 Å². The largest absolute Gasteiger partial charge is 0.378 e. The quantitative estimate of drug-likeness (QED) is 0.888. The molecule has 1 N–H and O–H groups in total. The molecule has 0 aromatic heterocycles. The van der Waals surface area contributed by atoms with Crippen molar-refractivity contribution in [1.82, 2.24) is 10.2 Å². The van der Waals surface area contributed by atoms with E-state index in [1.807, 2.05) is 23.1 Å². The van der Waals surface area contributed by atoms with E-state index >= 15 is 0 Å². The molecule has 0 aliphatic carbocycles. The fraction of sp³-hybridized carbons (Fsp3) is 0.650. The molecule has 2 aliphatic rings. The molecule has 1 amide bonds. The summed E-state index contributed by atoms with van der Waals surface area (Å²) in [4.78, 5) is 15.0. The summed E-state index contributed by atoms with van der Waals surface area (Å²) in [5, 5.41) is 3.64. The van der Waals surface area contributed by atoms with Gasteiger partial charge in [-0.25, -0.2) is 0 Å². The van der Waals surface area contributed by atoms with Gasteiger partial charge in [0.15, 0.2) is 0 Å². The maximum absolute atomic E-state index is 13.1. The van der Waals surface area contributed by atoms with Crippen molar-refractivity contribution in [3.63, 3.8) is 0 Å². The second kappa shape index (κ2) is 8.79. The minimum Gasteiger partial charge on any atom is -0.378 e. The number of carbonyl (C=O) groups is 1. The van der Waals surface area contributed by atoms with Crippen LogP contribution in [0.15, 0.2) is 30.3 Å². The Morgan fingerprint density at radius 2 is 1.80 bits per heavy atom. The number of morpholine rings is 1. The van der Waals surface area contributed by atoms with Crippen molar-refractivity contribution in [2.75, 3.05) is 32.8 Å². The van der Waals surface area contributed by atoms with Crippen LogP contribution >= 0.6 is 0 Å². The lowest BCUT2D eigenvalue weighted by atomic mass is 9.95. The normalized spacial score (nSPS) is 28.6. The minimum atomic E-state index is -0.146. The molecule has 2 aliphatic heterocycles. The second-order valence-corrected chi connectivity index (χ2v) is 7.23. The van der Waals surface area contributed by atoms with Crippen LogP contribution in [-0.2, 0) is 14.3 Å². The molecule has 25 heavy (non-hydrogen) atoms. The average molecular weight is 346 g/mol. The summed E-state index contributed by atoms with van der Waals surface area (Å²) in [6, 6.07) is 10.5. The predicted octanol–water partition coefficient (Wildman–Crippen LogP) is 2.17. The summed E-state index contributed by atoms with van der Waals surface area (Å²) in [6.07, 6.45) is 2.53. The van der Waals surface area contributed by atoms with Crippen LogP contribution in [0.25, 0.3) is 0 Å². The highest BCUT2D eigenvalue weighted by molar-refractivity contribution is 5.84. The number of amides is 1. The fourth-order valence-corrected chi connectivity index (χ4v) is 3.89. The fourth-order valence-electron chi connectivity index (χ4n) is 3.89. The summed E-state index contributed by atoms with van der Waals surface area (Å²) in [6.45, 7) is 7.56. The molecule has 2 heterocycles. The molecule has 0 bridgehead atoms. The van der Waals surface area contributed by atoms with Gasteiger partial charge in [0.25, 0.3) is 0 Å². The summed E-state index contributed by atoms with van der Waals surface area (Å²) < 4.78 is 11.2. The Bertz CT molecular complexity index is 535. The number of rotatable bonds is 5. The van der Waals surface area contributed by atoms with Crippen LogP contribution in [0.1, 0.15) is 38.2 Å². The van der Waals surface area contributed by atoms with E-state index in [9.17, 15) is 4.79 Å². The first-order valence-corrected chi connectivity index (χ1v) is 9.44. The maximum atomic E-state index is 13.1. The van der Waals surface area contributed by atoms with E-state index in [1.54, 1.807) is 0 Å². The molecule has 0 saturated carbocycles. The van der Waals surface area contributed by atoms with Crippen molar-refractivity contribution in [2.45, 2.75) is 50.9 Å². The third kappa shape index (κ3) is 5.03. The molecular weight excluding hydrogens is 316 g/mol. The van der Waals surface area contributed by atoms with E-state index in [0.29, 0.717) is 38.9 Å². The van der Waals surface area contributed by atoms with E-state index in [0.717, 1.165) is 18.4 Å². The minimum absolute atomic E-state index is 0.146. The molecule has 138 valence electrons. The molecule has 1 aromatic rings. The standard InChI is InChI=1S/C20H30N2O3/c1-15-12-18(13-16(2)25-15)21-14-19(17-6-4-3-5-7-17)20(23)22-8-10-24-11-9-22/h3-7,15-16,18-19,21H,8-14H2,1-2H3. The molecule has 5 nitrogen and oxygen atoms in total. The smallest absolute Gasteiger partial charge is 0.231 e. The number of hydrogen-bond donors (Lipinski definition) is 1. The Hall–Kier alpha value is -1.43. The molecule has 2 fully saturated rings. The monoisotopic (exact) mass is 346 g/mol. The van der Waals surface area contributed by atoms with Gasteiger partial charge in [0.05, 0.1) is 31.3 Å². The van der Waals surface area contributed by atoms with Gasteiger partial charge < -0.3 is 19.7 Å². The van der Waals surface area contributed by atoms with Gasteiger partial charge in [-0.05, 0) is 32.3 Å². The van der Waals surface area contributed by atoms with Gasteiger partial charge in [0, 0.05) is 25.7 Å². The highest BCUT2D eigenvalue weighted by Gasteiger charge is 2.29. The molecule has 5 heteroatoms. The number of benzene rings is 1. The number of hydrogen-bond acceptors (Lipinski definition) is 4. The van der Waals surface area contributed by atoms with Crippen LogP contribution in [0.4, 0.5) is 0 Å². The number of carbonyl (C=O) groups excluding carboxylic acids is 1. The topological polar surface area (TPSA) is 50.8 Å². The van der Waals surface area contributed by atoms with Crippen molar-refractivity contribution in [3.8, 4) is 0 Å². The van der Waals surface area contributed by atoms with Crippen LogP contribution in [0.5, 0.6) is 0 Å². The number of nitrogens with one attached hydrogen (secondary N) is 1. The Morgan fingerprint density at radius 1 is 1.16 bits per heavy atom. The zero-order valence-corrected chi connectivity index (χ0v) is 15.3. The Labute approximate surface area is 150 Å². The molecule has 0 radical (unpaired) electrons. The van der Waals surface area contributed by atoms with E-state index in [4.69, 9.17) is 9.47 Å². The van der Waals surface area contributed by atoms with Gasteiger partial charge >= 0.3 is 0 Å². The highest BCUT2D eigenvalue weighted by Crippen LogP contribution is 2.22. The first kappa shape index (κ1) is 18.4. The van der Waals surface area contributed by atoms with Crippen LogP contribution in [0.3, 0.4) is 0 Å². The zero-order chi connectivity index (χ0) is 17.6. The van der Waals surface area contributed by atoms with Gasteiger partial charge in [0.1, 0.15) is 0 Å². The van der Waals surface area contributed by atoms with Crippen molar-refractivity contribution >= 4 is 5.91 Å². The summed E-state index contributed by atoms with van der Waals surface area (Å²) in [5.41, 5.74) is 1.08. The lowest BCUT2D eigenvalue weighted by Crippen LogP contribution is -2.47. The molecule has 0 spiro atoms. The zero-order valence-electron chi connectivity index (χ0n) is 15.3. The Kier molecular flexibility index (Phi) is 6.45. The van der Waals surface area contributed by atoms with Crippen LogP contribution < -0.4 is 5.32 Å². The van der Waals surface area contributed by atoms with Gasteiger partial charge in [-0.3, -0.25) is 4.79 Å². The first-order valence-electron chi connectivity index (χ1n) is 9.44. The molecule has 3 unspecified atom stereocenters. The molecular formula is C20H30N2O3. The predicted molar refractivity (Wildman–Crippen MR) is 97.6 cm³/mol. The average Bonchev–Trinajstić information content (AvgIpc) is 2.62. The number of nitrogens with zero attached hydrogens (tertiary/aromatic N) is 1. The van der Waals surface area contributed by atoms with Gasteiger partial charge in [-0.1, -0.05) is 30.3 Å². The van der Waals surface area contributed by atoms with Gasteiger partial charge in [-0.15, -0.1) is 0 Å². The van der Waals surface area contributed by atoms with Crippen molar-refractivity contribution in [2.24, 2.45) is 0 Å². The third-order valence-electron chi connectivity index (χ3n) is 5.13. The molecule has 1 aromatic carbocycles. The Balaban J connectivity index is 1.67. The number of ether oxygens (including phenoxy) is 2. The van der Waals surface area contributed by atoms with Crippen LogP contribution in [-0.4, -0.2) is 61.9 Å². The van der Waals surface area contributed by atoms with E-state index in [2.05, 4.69) is 31.3 Å². The van der Waals surface area contributed by atoms with E-state index in [-0.39, 0.29) is 24.0 Å². The summed E-state index contributed by atoms with van der Waals surface area (Å²) in [5.74, 6) is 0.0583. The molecule has 2 saturated heterocycles. The second-order valence-electron chi connectivity index (χ2n) is 7.23.